The van der Waals surface area contributed by atoms with E-state index in [9.17, 15) is 29.1 Å². The summed E-state index contributed by atoms with van der Waals surface area (Å²) in [5.41, 5.74) is 1.22. The highest BCUT2D eigenvalue weighted by molar-refractivity contribution is 5.99. The van der Waals surface area contributed by atoms with Crippen LogP contribution in [-0.4, -0.2) is 65.1 Å². The Morgan fingerprint density at radius 2 is 1.18 bits per heavy atom. The normalized spacial score (nSPS) is 17.3. The molecule has 11 heteroatoms. The van der Waals surface area contributed by atoms with E-state index in [2.05, 4.69) is 16.0 Å². The Labute approximate surface area is 254 Å². The van der Waals surface area contributed by atoms with Gasteiger partial charge in [0, 0.05) is 6.42 Å². The van der Waals surface area contributed by atoms with Gasteiger partial charge in [-0.05, 0) is 30.0 Å². The minimum atomic E-state index is -1.54. The molecular weight excluding hydrogens is 566 g/mol. The molecular formula is C33H35N3O8. The predicted molar refractivity (Wildman–Crippen MR) is 159 cm³/mol. The molecule has 4 rings (SSSR count). The number of alkyl carbamates (subject to hydrolysis) is 1. The summed E-state index contributed by atoms with van der Waals surface area (Å²) in [7, 11) is 0. The molecule has 1 saturated heterocycles. The largest absolute Gasteiger partial charge is 0.481 e. The highest BCUT2D eigenvalue weighted by atomic mass is 16.6. The zero-order chi connectivity index (χ0) is 31.5. The van der Waals surface area contributed by atoms with Crippen molar-refractivity contribution in [3.8, 4) is 0 Å². The maximum Gasteiger partial charge on any atom is 0.408 e. The Bertz CT molecular complexity index is 1450. The quantitative estimate of drug-likeness (QED) is 0.193. The second kappa shape index (κ2) is 14.9. The monoisotopic (exact) mass is 601 g/mol. The second-order valence-electron chi connectivity index (χ2n) is 10.7. The van der Waals surface area contributed by atoms with Crippen molar-refractivity contribution in [2.45, 2.75) is 56.5 Å². The number of Topliss-reactive ketones (excluding diaryl/α,β-unsaturated/α-hetero) is 1. The summed E-state index contributed by atoms with van der Waals surface area (Å²) in [6.07, 6.45) is -1.51. The third kappa shape index (κ3) is 9.50. The molecule has 1 aliphatic rings. The van der Waals surface area contributed by atoms with Crippen molar-refractivity contribution in [1.29, 1.82) is 0 Å². The number of amides is 3. The van der Waals surface area contributed by atoms with Crippen LogP contribution in [-0.2, 0) is 48.1 Å². The number of hydrogen-bond acceptors (Lipinski definition) is 7. The summed E-state index contributed by atoms with van der Waals surface area (Å²) < 4.78 is 10.5. The zero-order valence-electron chi connectivity index (χ0n) is 24.2. The molecule has 1 heterocycles. The molecule has 0 saturated carbocycles. The van der Waals surface area contributed by atoms with E-state index in [1.807, 2.05) is 30.3 Å². The molecule has 0 spiro atoms. The molecule has 3 aromatic rings. The van der Waals surface area contributed by atoms with Gasteiger partial charge in [-0.15, -0.1) is 0 Å². The molecule has 3 unspecified atom stereocenters. The maximum atomic E-state index is 13.7. The van der Waals surface area contributed by atoms with Crippen molar-refractivity contribution in [2.24, 2.45) is 0 Å². The van der Waals surface area contributed by atoms with E-state index in [1.54, 1.807) is 67.6 Å². The number of ketones is 1. The van der Waals surface area contributed by atoms with Crippen LogP contribution < -0.4 is 16.0 Å². The first-order chi connectivity index (χ1) is 21.1. The van der Waals surface area contributed by atoms with Crippen molar-refractivity contribution in [1.82, 2.24) is 16.0 Å². The van der Waals surface area contributed by atoms with Gasteiger partial charge in [0.1, 0.15) is 24.3 Å². The molecule has 4 N–H and O–H groups in total. The number of aliphatic carboxylic acids is 1. The lowest BCUT2D eigenvalue weighted by atomic mass is 9.94. The Morgan fingerprint density at radius 3 is 1.68 bits per heavy atom. The van der Waals surface area contributed by atoms with Crippen molar-refractivity contribution in [3.63, 3.8) is 0 Å². The number of carbonyl (C=O) groups excluding carboxylic acids is 4. The number of benzene rings is 3. The number of carboxylic acids is 1. The lowest BCUT2D eigenvalue weighted by molar-refractivity contribution is -0.140. The zero-order valence-corrected chi connectivity index (χ0v) is 24.2. The lowest BCUT2D eigenvalue weighted by Gasteiger charge is -2.25. The number of carboxylic acid groups (broad SMARTS) is 1. The summed E-state index contributed by atoms with van der Waals surface area (Å²) in [6, 6.07) is 23.2. The molecule has 44 heavy (non-hydrogen) atoms. The predicted octanol–water partition coefficient (Wildman–Crippen LogP) is 2.57. The van der Waals surface area contributed by atoms with E-state index in [0.29, 0.717) is 11.1 Å². The first kappa shape index (κ1) is 31.9. The van der Waals surface area contributed by atoms with Crippen LogP contribution in [0.4, 0.5) is 4.79 Å². The van der Waals surface area contributed by atoms with Gasteiger partial charge in [-0.1, -0.05) is 91.0 Å². The number of nitrogens with one attached hydrogen (secondary N) is 3. The van der Waals surface area contributed by atoms with Gasteiger partial charge in [-0.25, -0.2) is 4.79 Å². The molecule has 1 aliphatic heterocycles. The van der Waals surface area contributed by atoms with Crippen LogP contribution in [0.1, 0.15) is 30.0 Å². The van der Waals surface area contributed by atoms with Gasteiger partial charge in [0.15, 0.2) is 5.78 Å². The molecule has 230 valence electrons. The van der Waals surface area contributed by atoms with Crippen LogP contribution in [0.25, 0.3) is 0 Å². The Balaban J connectivity index is 1.50. The fourth-order valence-corrected chi connectivity index (χ4v) is 4.57. The van der Waals surface area contributed by atoms with Crippen molar-refractivity contribution in [3.05, 3.63) is 108 Å². The first-order valence-corrected chi connectivity index (χ1v) is 14.2. The fourth-order valence-electron chi connectivity index (χ4n) is 4.57. The number of epoxide rings is 1. The first-order valence-electron chi connectivity index (χ1n) is 14.2. The van der Waals surface area contributed by atoms with Crippen molar-refractivity contribution < 1.29 is 38.6 Å². The third-order valence-electron chi connectivity index (χ3n) is 7.13. The molecule has 0 aliphatic carbocycles. The Morgan fingerprint density at radius 1 is 0.727 bits per heavy atom. The van der Waals surface area contributed by atoms with Gasteiger partial charge in [0.2, 0.25) is 11.8 Å². The van der Waals surface area contributed by atoms with Gasteiger partial charge in [-0.2, -0.15) is 0 Å². The van der Waals surface area contributed by atoms with Crippen LogP contribution in [0.3, 0.4) is 0 Å². The molecule has 1 fully saturated rings. The minimum absolute atomic E-state index is 0.0384. The highest BCUT2D eigenvalue weighted by Gasteiger charge is 2.50. The van der Waals surface area contributed by atoms with Gasteiger partial charge >= 0.3 is 12.1 Å². The van der Waals surface area contributed by atoms with E-state index in [-0.39, 0.29) is 31.8 Å². The molecule has 3 amide bonds. The van der Waals surface area contributed by atoms with Gasteiger partial charge < -0.3 is 30.5 Å². The summed E-state index contributed by atoms with van der Waals surface area (Å²) in [4.78, 5) is 64.5. The molecule has 0 radical (unpaired) electrons. The topological polar surface area (TPSA) is 163 Å². The highest BCUT2D eigenvalue weighted by Crippen LogP contribution is 2.29. The van der Waals surface area contributed by atoms with E-state index in [4.69, 9.17) is 9.47 Å². The van der Waals surface area contributed by atoms with Crippen LogP contribution in [0.2, 0.25) is 0 Å². The maximum absolute atomic E-state index is 13.7. The number of carbonyl (C=O) groups is 5. The fraction of sp³-hybridized carbons (Fsp3) is 0.303. The summed E-state index contributed by atoms with van der Waals surface area (Å²) in [6.45, 7) is 1.80. The number of hydrogen-bond donors (Lipinski definition) is 4. The van der Waals surface area contributed by atoms with Crippen LogP contribution in [0.15, 0.2) is 91.0 Å². The number of rotatable bonds is 15. The number of ether oxygens (including phenoxy) is 2. The average Bonchev–Trinajstić information content (AvgIpc) is 3.78. The van der Waals surface area contributed by atoms with Gasteiger partial charge in [0.05, 0.1) is 19.1 Å². The summed E-state index contributed by atoms with van der Waals surface area (Å²) >= 11 is 0. The Kier molecular flexibility index (Phi) is 10.8. The second-order valence-corrected chi connectivity index (χ2v) is 10.7. The smallest absolute Gasteiger partial charge is 0.408 e. The van der Waals surface area contributed by atoms with Crippen molar-refractivity contribution >= 4 is 29.7 Å². The van der Waals surface area contributed by atoms with Crippen molar-refractivity contribution in [2.75, 3.05) is 6.61 Å². The SMILES string of the molecule is CC1(C(=O)C(Cc2ccccc2)NC(=O)[C@H](Cc2ccccc2)NC(=O)C(CC(=O)O)NC(=O)OCc2ccccc2)CO1. The molecule has 0 aromatic heterocycles. The van der Waals surface area contributed by atoms with E-state index in [1.165, 1.54) is 0 Å². The third-order valence-corrected chi connectivity index (χ3v) is 7.13. The average molecular weight is 602 g/mol. The molecule has 4 atom stereocenters. The van der Waals surface area contributed by atoms with Crippen LogP contribution in [0.5, 0.6) is 0 Å². The van der Waals surface area contributed by atoms with Crippen LogP contribution >= 0.6 is 0 Å². The minimum Gasteiger partial charge on any atom is -0.481 e. The van der Waals surface area contributed by atoms with Crippen LogP contribution in [0, 0.1) is 0 Å². The standard InChI is InChI=1S/C33H35N3O8/c1-33(21-44-33)29(39)25(17-22-11-5-2-6-12-22)34-30(40)26(18-23-13-7-3-8-14-23)35-31(41)27(19-28(37)38)36-32(42)43-20-24-15-9-4-10-16-24/h2-16,25-27H,17-21H2,1H3,(H,34,40)(H,35,41)(H,36,42)(H,37,38)/t25?,26-,27?,33?/m0/s1. The molecule has 3 aromatic carbocycles. The van der Waals surface area contributed by atoms with E-state index in [0.717, 1.165) is 5.56 Å². The Hall–Kier alpha value is -5.03. The molecule has 11 nitrogen and oxygen atoms in total. The lowest BCUT2D eigenvalue weighted by Crippen LogP contribution is -2.57. The summed E-state index contributed by atoms with van der Waals surface area (Å²) in [5.74, 6) is -3.19. The molecule has 0 bridgehead atoms. The van der Waals surface area contributed by atoms with E-state index >= 15 is 0 Å². The summed E-state index contributed by atoms with van der Waals surface area (Å²) in [5, 5.41) is 17.1. The van der Waals surface area contributed by atoms with E-state index < -0.39 is 54.0 Å². The van der Waals surface area contributed by atoms with Gasteiger partial charge in [-0.3, -0.25) is 19.2 Å². The van der Waals surface area contributed by atoms with Gasteiger partial charge in [0.25, 0.3) is 0 Å².